The van der Waals surface area contributed by atoms with Crippen LogP contribution in [0.2, 0.25) is 0 Å². The van der Waals surface area contributed by atoms with Crippen LogP contribution in [-0.2, 0) is 4.79 Å². The number of carbonyl (C=O) groups excluding carboxylic acids is 3. The number of hydrogen-bond acceptors (Lipinski definition) is 8. The minimum absolute atomic E-state index is 0.00656. The van der Waals surface area contributed by atoms with Crippen molar-refractivity contribution in [2.45, 2.75) is 38.8 Å². The number of benzene rings is 2. The maximum absolute atomic E-state index is 14.1. The molecule has 0 radical (unpaired) electrons. The topological polar surface area (TPSA) is 144 Å². The Bertz CT molecular complexity index is 1300. The van der Waals surface area contributed by atoms with Gasteiger partial charge in [-0.2, -0.15) is 4.37 Å². The molecule has 38 heavy (non-hydrogen) atoms. The van der Waals surface area contributed by atoms with Crippen LogP contribution < -0.4 is 31.3 Å². The third-order valence-corrected chi connectivity index (χ3v) is 7.15. The van der Waals surface area contributed by atoms with Crippen molar-refractivity contribution in [3.05, 3.63) is 64.7 Å². The van der Waals surface area contributed by atoms with Crippen molar-refractivity contribution in [1.82, 2.24) is 9.69 Å². The molecule has 1 unspecified atom stereocenters. The van der Waals surface area contributed by atoms with Crippen LogP contribution in [0.15, 0.2) is 48.5 Å². The van der Waals surface area contributed by atoms with Gasteiger partial charge in [-0.1, -0.05) is 19.1 Å². The molecule has 0 fully saturated rings. The monoisotopic (exact) mass is 538 g/mol. The molecule has 202 valence electrons. The summed E-state index contributed by atoms with van der Waals surface area (Å²) >= 11 is 0.761. The molecule has 3 rings (SSSR count). The van der Waals surface area contributed by atoms with E-state index in [9.17, 15) is 14.4 Å². The highest BCUT2D eigenvalue weighted by atomic mass is 32.1. The second kappa shape index (κ2) is 11.5. The van der Waals surface area contributed by atoms with Crippen molar-refractivity contribution in [3.63, 3.8) is 0 Å². The first-order valence-electron chi connectivity index (χ1n) is 12.0. The number of amides is 3. The van der Waals surface area contributed by atoms with Gasteiger partial charge in [0.25, 0.3) is 11.8 Å². The zero-order valence-corrected chi connectivity index (χ0v) is 23.3. The van der Waals surface area contributed by atoms with E-state index in [4.69, 9.17) is 16.2 Å². The van der Waals surface area contributed by atoms with Gasteiger partial charge in [0, 0.05) is 31.0 Å². The van der Waals surface area contributed by atoms with Gasteiger partial charge >= 0.3 is 0 Å². The minimum atomic E-state index is -1.07. The standard InChI is InChI=1S/C27H34N6O4S/c1-7-27(2,3)30-25(35)22(16-8-10-17(11-9-16)32(4)5)33(18-12-14-19(37-6)15-13-18)26(36)23-20(28)21(24(29)34)31-38-23/h8-15,22H,7,28H2,1-6H3,(H2,29,34)(H,30,35). The van der Waals surface area contributed by atoms with E-state index in [1.165, 1.54) is 12.0 Å². The average molecular weight is 539 g/mol. The highest BCUT2D eigenvalue weighted by Crippen LogP contribution is 2.35. The first-order valence-corrected chi connectivity index (χ1v) is 12.8. The molecule has 11 heteroatoms. The fourth-order valence-corrected chi connectivity index (χ4v) is 4.47. The summed E-state index contributed by atoms with van der Waals surface area (Å²) in [6, 6.07) is 13.1. The number of nitrogen functional groups attached to an aromatic ring is 1. The number of rotatable bonds is 10. The molecule has 0 spiro atoms. The molecule has 0 saturated carbocycles. The Hall–Kier alpha value is -4.12. The fraction of sp³-hybridized carbons (Fsp3) is 0.333. The molecule has 0 aliphatic heterocycles. The maximum atomic E-state index is 14.1. The number of carbonyl (C=O) groups is 3. The molecule has 3 amide bonds. The normalized spacial score (nSPS) is 11.9. The number of anilines is 3. The summed E-state index contributed by atoms with van der Waals surface area (Å²) in [6.07, 6.45) is 0.672. The highest BCUT2D eigenvalue weighted by molar-refractivity contribution is 7.09. The lowest BCUT2D eigenvalue weighted by atomic mass is 9.97. The third kappa shape index (κ3) is 6.05. The van der Waals surface area contributed by atoms with Crippen LogP contribution >= 0.6 is 11.5 Å². The zero-order valence-electron chi connectivity index (χ0n) is 22.4. The van der Waals surface area contributed by atoms with Crippen molar-refractivity contribution in [3.8, 4) is 5.75 Å². The SMILES string of the molecule is CCC(C)(C)NC(=O)C(c1ccc(N(C)C)cc1)N(C(=O)c1snc(C(N)=O)c1N)c1ccc(OC)cc1. The second-order valence-corrected chi connectivity index (χ2v) is 10.4. The number of nitrogens with two attached hydrogens (primary N) is 2. The average Bonchev–Trinajstić information content (AvgIpc) is 3.28. The van der Waals surface area contributed by atoms with E-state index in [-0.39, 0.29) is 22.2 Å². The van der Waals surface area contributed by atoms with E-state index >= 15 is 0 Å². The first kappa shape index (κ1) is 28.5. The van der Waals surface area contributed by atoms with E-state index in [1.54, 1.807) is 24.3 Å². The van der Waals surface area contributed by atoms with Crippen molar-refractivity contribution >= 4 is 46.3 Å². The van der Waals surface area contributed by atoms with Gasteiger partial charge in [0.1, 0.15) is 16.7 Å². The molecule has 0 aliphatic rings. The molecule has 3 aromatic rings. The quantitative estimate of drug-likeness (QED) is 0.358. The van der Waals surface area contributed by atoms with Crippen LogP contribution in [0.4, 0.5) is 17.1 Å². The number of aromatic nitrogens is 1. The Kier molecular flexibility index (Phi) is 8.62. The van der Waals surface area contributed by atoms with Gasteiger partial charge in [-0.05, 0) is 73.8 Å². The van der Waals surface area contributed by atoms with Crippen LogP contribution in [0.25, 0.3) is 0 Å². The number of hydrogen-bond donors (Lipinski definition) is 3. The van der Waals surface area contributed by atoms with Crippen LogP contribution in [-0.4, -0.2) is 48.8 Å². The van der Waals surface area contributed by atoms with E-state index in [2.05, 4.69) is 9.69 Å². The molecule has 10 nitrogen and oxygen atoms in total. The van der Waals surface area contributed by atoms with Crippen molar-refractivity contribution in [1.29, 1.82) is 0 Å². The molecule has 0 aliphatic carbocycles. The lowest BCUT2D eigenvalue weighted by Gasteiger charge is -2.34. The fourth-order valence-electron chi connectivity index (χ4n) is 3.73. The number of methoxy groups -OCH3 is 1. The van der Waals surface area contributed by atoms with E-state index < -0.39 is 23.4 Å². The van der Waals surface area contributed by atoms with Crippen molar-refractivity contribution < 1.29 is 19.1 Å². The van der Waals surface area contributed by atoms with Gasteiger partial charge in [0.2, 0.25) is 5.91 Å². The maximum Gasteiger partial charge on any atom is 0.273 e. The van der Waals surface area contributed by atoms with Crippen LogP contribution in [0, 0.1) is 0 Å². The molecule has 0 saturated heterocycles. The summed E-state index contributed by atoms with van der Waals surface area (Å²) in [7, 11) is 5.37. The number of nitrogens with zero attached hydrogens (tertiary/aromatic N) is 3. The van der Waals surface area contributed by atoms with Crippen molar-refractivity contribution in [2.75, 3.05) is 36.7 Å². The minimum Gasteiger partial charge on any atom is -0.497 e. The molecule has 5 N–H and O–H groups in total. The lowest BCUT2D eigenvalue weighted by molar-refractivity contribution is -0.124. The van der Waals surface area contributed by atoms with E-state index in [0.717, 1.165) is 17.2 Å². The Morgan fingerprint density at radius 2 is 1.63 bits per heavy atom. The van der Waals surface area contributed by atoms with E-state index in [1.807, 2.05) is 64.0 Å². The lowest BCUT2D eigenvalue weighted by Crippen LogP contribution is -2.50. The largest absolute Gasteiger partial charge is 0.497 e. The second-order valence-electron chi connectivity index (χ2n) is 9.63. The van der Waals surface area contributed by atoms with E-state index in [0.29, 0.717) is 23.4 Å². The highest BCUT2D eigenvalue weighted by Gasteiger charge is 2.37. The molecule has 1 heterocycles. The van der Waals surface area contributed by atoms with Crippen molar-refractivity contribution in [2.24, 2.45) is 5.73 Å². The van der Waals surface area contributed by atoms with Gasteiger partial charge in [0.05, 0.1) is 12.8 Å². The summed E-state index contributed by atoms with van der Waals surface area (Å²) in [5.41, 5.74) is 12.6. The van der Waals surface area contributed by atoms with Gasteiger partial charge in [-0.15, -0.1) is 0 Å². The Morgan fingerprint density at radius 3 is 2.11 bits per heavy atom. The van der Waals surface area contributed by atoms with Gasteiger partial charge in [-0.25, -0.2) is 0 Å². The molecule has 0 bridgehead atoms. The Balaban J connectivity index is 2.24. The summed E-state index contributed by atoms with van der Waals surface area (Å²) in [4.78, 5) is 43.2. The van der Waals surface area contributed by atoms with Gasteiger partial charge < -0.3 is 26.4 Å². The first-order chi connectivity index (χ1) is 17.9. The smallest absolute Gasteiger partial charge is 0.273 e. The van der Waals surface area contributed by atoms with Gasteiger partial charge in [-0.3, -0.25) is 19.3 Å². The summed E-state index contributed by atoms with van der Waals surface area (Å²) in [5.74, 6) is -1.23. The predicted molar refractivity (Wildman–Crippen MR) is 151 cm³/mol. The van der Waals surface area contributed by atoms with Crippen LogP contribution in [0.5, 0.6) is 5.75 Å². The number of ether oxygens (including phenoxy) is 1. The number of primary amides is 1. The molecule has 1 aromatic heterocycles. The summed E-state index contributed by atoms with van der Waals surface area (Å²) < 4.78 is 9.27. The Labute approximate surface area is 226 Å². The zero-order chi connectivity index (χ0) is 28.2. The molecular formula is C27H34N6O4S. The predicted octanol–water partition coefficient (Wildman–Crippen LogP) is 3.59. The Morgan fingerprint density at radius 1 is 1.05 bits per heavy atom. The molecular weight excluding hydrogens is 504 g/mol. The summed E-state index contributed by atoms with van der Waals surface area (Å²) in [5, 5.41) is 3.07. The molecule has 1 atom stereocenters. The van der Waals surface area contributed by atoms with Crippen LogP contribution in [0.3, 0.4) is 0 Å². The third-order valence-electron chi connectivity index (χ3n) is 6.30. The van der Waals surface area contributed by atoms with Crippen LogP contribution in [0.1, 0.15) is 59.0 Å². The number of nitrogens with one attached hydrogen (secondary N) is 1. The summed E-state index contributed by atoms with van der Waals surface area (Å²) in [6.45, 7) is 5.80. The van der Waals surface area contributed by atoms with Gasteiger partial charge in [0.15, 0.2) is 5.69 Å². The molecule has 2 aromatic carbocycles.